The zero-order valence-electron chi connectivity index (χ0n) is 12.3. The van der Waals surface area contributed by atoms with Crippen molar-refractivity contribution in [2.45, 2.75) is 45.2 Å². The van der Waals surface area contributed by atoms with E-state index in [0.717, 1.165) is 0 Å². The Morgan fingerprint density at radius 3 is 2.40 bits per heavy atom. The van der Waals surface area contributed by atoms with Gasteiger partial charge in [-0.25, -0.2) is 9.59 Å². The molecule has 0 aliphatic carbocycles. The monoisotopic (exact) mass is 276 g/mol. The molecule has 0 saturated carbocycles. The fourth-order valence-electron chi connectivity index (χ4n) is 2.19. The van der Waals surface area contributed by atoms with Gasteiger partial charge >= 0.3 is 6.09 Å². The Hall–Kier alpha value is -2.13. The van der Waals surface area contributed by atoms with E-state index in [9.17, 15) is 9.59 Å². The van der Waals surface area contributed by atoms with E-state index in [0.29, 0.717) is 12.2 Å². The van der Waals surface area contributed by atoms with Gasteiger partial charge in [0.1, 0.15) is 5.75 Å². The van der Waals surface area contributed by atoms with Crippen molar-refractivity contribution >= 4 is 12.2 Å². The van der Waals surface area contributed by atoms with Crippen LogP contribution in [0.15, 0.2) is 35.3 Å². The zero-order valence-corrected chi connectivity index (χ0v) is 12.3. The SMILES string of the molecule is CC(C)(CC(C)(C)NC(=O)Oc1ccccc1)N=C=O. The van der Waals surface area contributed by atoms with Gasteiger partial charge in [-0.3, -0.25) is 0 Å². The average molecular weight is 276 g/mol. The number of nitrogens with zero attached hydrogens (tertiary/aromatic N) is 1. The van der Waals surface area contributed by atoms with Crippen LogP contribution >= 0.6 is 0 Å². The van der Waals surface area contributed by atoms with Crippen molar-refractivity contribution in [1.82, 2.24) is 5.32 Å². The summed E-state index contributed by atoms with van der Waals surface area (Å²) in [7, 11) is 0. The summed E-state index contributed by atoms with van der Waals surface area (Å²) in [5.41, 5.74) is -1.15. The Morgan fingerprint density at radius 2 is 1.85 bits per heavy atom. The molecule has 0 atom stereocenters. The third-order valence-electron chi connectivity index (χ3n) is 2.62. The molecule has 1 aromatic carbocycles. The molecule has 0 bridgehead atoms. The smallest absolute Gasteiger partial charge is 0.410 e. The molecule has 0 saturated heterocycles. The normalized spacial score (nSPS) is 11.4. The molecule has 0 radical (unpaired) electrons. The average Bonchev–Trinajstić information content (AvgIpc) is 2.26. The van der Waals surface area contributed by atoms with Crippen LogP contribution in [0.3, 0.4) is 0 Å². The quantitative estimate of drug-likeness (QED) is 0.664. The van der Waals surface area contributed by atoms with Crippen molar-refractivity contribution in [3.63, 3.8) is 0 Å². The number of para-hydroxylation sites is 1. The number of rotatable bonds is 5. The van der Waals surface area contributed by atoms with E-state index in [4.69, 9.17) is 4.74 Å². The molecule has 1 amide bonds. The minimum Gasteiger partial charge on any atom is -0.410 e. The number of ether oxygens (including phenoxy) is 1. The minimum absolute atomic E-state index is 0.478. The number of benzene rings is 1. The maximum absolute atomic E-state index is 11.8. The highest BCUT2D eigenvalue weighted by molar-refractivity contribution is 5.71. The van der Waals surface area contributed by atoms with Crippen LogP contribution in [0, 0.1) is 0 Å². The molecule has 0 aliphatic rings. The van der Waals surface area contributed by atoms with Gasteiger partial charge in [0, 0.05) is 5.54 Å². The van der Waals surface area contributed by atoms with E-state index in [1.54, 1.807) is 30.3 Å². The van der Waals surface area contributed by atoms with Gasteiger partial charge < -0.3 is 10.1 Å². The Morgan fingerprint density at radius 1 is 1.25 bits per heavy atom. The van der Waals surface area contributed by atoms with Gasteiger partial charge in [-0.05, 0) is 46.2 Å². The number of hydrogen-bond donors (Lipinski definition) is 1. The maximum atomic E-state index is 11.8. The first-order valence-corrected chi connectivity index (χ1v) is 6.38. The number of amides is 1. The lowest BCUT2D eigenvalue weighted by molar-refractivity contribution is 0.182. The van der Waals surface area contributed by atoms with Gasteiger partial charge in [-0.15, -0.1) is 0 Å². The van der Waals surface area contributed by atoms with Crippen LogP contribution in [0.25, 0.3) is 0 Å². The molecular formula is C15H20N2O3. The summed E-state index contributed by atoms with van der Waals surface area (Å²) in [5.74, 6) is 0.478. The number of carbonyl (C=O) groups is 1. The highest BCUT2D eigenvalue weighted by Crippen LogP contribution is 2.23. The molecule has 0 unspecified atom stereocenters. The molecule has 1 aromatic rings. The van der Waals surface area contributed by atoms with E-state index in [1.165, 1.54) is 0 Å². The van der Waals surface area contributed by atoms with E-state index in [-0.39, 0.29) is 0 Å². The molecule has 5 nitrogen and oxygen atoms in total. The first kappa shape index (κ1) is 15.9. The molecule has 0 fully saturated rings. The van der Waals surface area contributed by atoms with Gasteiger partial charge in [0.15, 0.2) is 0 Å². The second-order valence-electron chi connectivity index (χ2n) is 5.90. The number of nitrogens with one attached hydrogen (secondary N) is 1. The van der Waals surface area contributed by atoms with Crippen molar-refractivity contribution in [3.8, 4) is 5.75 Å². The molecule has 20 heavy (non-hydrogen) atoms. The van der Waals surface area contributed by atoms with Crippen molar-refractivity contribution in [3.05, 3.63) is 30.3 Å². The predicted molar refractivity (Wildman–Crippen MR) is 76.5 cm³/mol. The van der Waals surface area contributed by atoms with Crippen LogP contribution in [-0.4, -0.2) is 23.3 Å². The third kappa shape index (κ3) is 5.67. The number of carbonyl (C=O) groups excluding carboxylic acids is 2. The lowest BCUT2D eigenvalue weighted by Crippen LogP contribution is -2.48. The van der Waals surface area contributed by atoms with Crippen molar-refractivity contribution in [2.24, 2.45) is 4.99 Å². The lowest BCUT2D eigenvalue weighted by atomic mass is 9.87. The second-order valence-corrected chi connectivity index (χ2v) is 5.90. The Balaban J connectivity index is 2.62. The first-order chi connectivity index (χ1) is 9.24. The van der Waals surface area contributed by atoms with Crippen LogP contribution in [0.1, 0.15) is 34.1 Å². The fourth-order valence-corrected chi connectivity index (χ4v) is 2.19. The molecule has 1 rings (SSSR count). The van der Waals surface area contributed by atoms with Crippen molar-refractivity contribution < 1.29 is 14.3 Å². The van der Waals surface area contributed by atoms with Crippen molar-refractivity contribution in [2.75, 3.05) is 0 Å². The van der Waals surface area contributed by atoms with Gasteiger partial charge in [-0.1, -0.05) is 18.2 Å². The third-order valence-corrected chi connectivity index (χ3v) is 2.62. The Kier molecular flexibility index (Phi) is 5.06. The fraction of sp³-hybridized carbons (Fsp3) is 0.467. The molecular weight excluding hydrogens is 256 g/mol. The molecule has 108 valence electrons. The largest absolute Gasteiger partial charge is 0.413 e. The summed E-state index contributed by atoms with van der Waals surface area (Å²) in [4.78, 5) is 25.9. The highest BCUT2D eigenvalue weighted by atomic mass is 16.6. The molecule has 5 heteroatoms. The Bertz CT molecular complexity index is 503. The van der Waals surface area contributed by atoms with E-state index < -0.39 is 17.2 Å². The molecule has 0 aliphatic heterocycles. The highest BCUT2D eigenvalue weighted by Gasteiger charge is 2.30. The summed E-state index contributed by atoms with van der Waals surface area (Å²) in [6.45, 7) is 7.32. The summed E-state index contributed by atoms with van der Waals surface area (Å²) in [6, 6.07) is 8.82. The molecule has 0 spiro atoms. The number of isocyanates is 1. The Labute approximate surface area is 119 Å². The topological polar surface area (TPSA) is 67.8 Å². The first-order valence-electron chi connectivity index (χ1n) is 6.38. The summed E-state index contributed by atoms with van der Waals surface area (Å²) >= 11 is 0. The lowest BCUT2D eigenvalue weighted by Gasteiger charge is -2.31. The van der Waals surface area contributed by atoms with E-state index in [2.05, 4.69) is 10.3 Å². The predicted octanol–water partition coefficient (Wildman–Crippen LogP) is 3.06. The standard InChI is InChI=1S/C15H20N2O3/c1-14(2,16-11-18)10-15(3,4)17-13(19)20-12-8-6-5-7-9-12/h5-9H,10H2,1-4H3,(H,17,19). The van der Waals surface area contributed by atoms with Crippen LogP contribution in [0.2, 0.25) is 0 Å². The number of aliphatic imine (C=N–C) groups is 1. The van der Waals surface area contributed by atoms with Crippen LogP contribution in [-0.2, 0) is 4.79 Å². The van der Waals surface area contributed by atoms with Gasteiger partial charge in [-0.2, -0.15) is 4.99 Å². The van der Waals surface area contributed by atoms with Crippen LogP contribution in [0.5, 0.6) is 5.75 Å². The van der Waals surface area contributed by atoms with E-state index >= 15 is 0 Å². The molecule has 1 N–H and O–H groups in total. The second kappa shape index (κ2) is 6.35. The molecule has 0 aromatic heterocycles. The van der Waals surface area contributed by atoms with Gasteiger partial charge in [0.2, 0.25) is 6.08 Å². The van der Waals surface area contributed by atoms with Crippen molar-refractivity contribution in [1.29, 1.82) is 0 Å². The summed E-state index contributed by atoms with van der Waals surface area (Å²) in [5, 5.41) is 2.77. The van der Waals surface area contributed by atoms with Gasteiger partial charge in [0.25, 0.3) is 0 Å². The summed E-state index contributed by atoms with van der Waals surface area (Å²) in [6.07, 6.45) is 1.50. The van der Waals surface area contributed by atoms with Crippen LogP contribution < -0.4 is 10.1 Å². The molecule has 0 heterocycles. The zero-order chi connectivity index (χ0) is 15.2. The summed E-state index contributed by atoms with van der Waals surface area (Å²) < 4.78 is 5.17. The van der Waals surface area contributed by atoms with Crippen LogP contribution in [0.4, 0.5) is 4.79 Å². The minimum atomic E-state index is -0.592. The van der Waals surface area contributed by atoms with E-state index in [1.807, 2.05) is 33.8 Å². The van der Waals surface area contributed by atoms with Gasteiger partial charge in [0.05, 0.1) is 5.54 Å². The number of hydrogen-bond acceptors (Lipinski definition) is 4. The maximum Gasteiger partial charge on any atom is 0.413 e.